The largest absolute Gasteiger partial charge is 0.493 e. The lowest BCUT2D eigenvalue weighted by Crippen LogP contribution is -2.21. The molecule has 4 aromatic rings. The smallest absolute Gasteiger partial charge is 0.349 e. The quantitative estimate of drug-likeness (QED) is 0.313. The minimum absolute atomic E-state index is 0.118. The van der Waals surface area contributed by atoms with Gasteiger partial charge in [0.1, 0.15) is 11.1 Å². The Morgan fingerprint density at radius 3 is 2.62 bits per heavy atom. The highest BCUT2D eigenvalue weighted by atomic mass is 32.1. The topological polar surface area (TPSA) is 92.3 Å². The van der Waals surface area contributed by atoms with Crippen molar-refractivity contribution in [2.24, 2.45) is 4.99 Å². The molecule has 0 atom stereocenters. The van der Waals surface area contributed by atoms with Crippen LogP contribution in [0.1, 0.15) is 17.3 Å². The van der Waals surface area contributed by atoms with E-state index in [1.165, 1.54) is 17.4 Å². The van der Waals surface area contributed by atoms with Crippen LogP contribution < -0.4 is 19.9 Å². The van der Waals surface area contributed by atoms with E-state index < -0.39 is 11.5 Å². The number of amides is 1. The van der Waals surface area contributed by atoms with Crippen LogP contribution in [0.5, 0.6) is 11.5 Å². The molecule has 0 unspecified atom stereocenters. The van der Waals surface area contributed by atoms with E-state index >= 15 is 0 Å². The summed E-state index contributed by atoms with van der Waals surface area (Å²) in [7, 11) is 3.13. The van der Waals surface area contributed by atoms with Crippen LogP contribution in [0.25, 0.3) is 21.2 Å². The van der Waals surface area contributed by atoms with Crippen molar-refractivity contribution in [1.29, 1.82) is 0 Å². The van der Waals surface area contributed by atoms with Crippen LogP contribution in [-0.4, -0.2) is 37.9 Å². The second kappa shape index (κ2) is 9.37. The van der Waals surface area contributed by atoms with E-state index in [4.69, 9.17) is 18.6 Å². The molecule has 32 heavy (non-hydrogen) atoms. The number of ether oxygens (including phenoxy) is 3. The summed E-state index contributed by atoms with van der Waals surface area (Å²) >= 11 is 1.31. The summed E-state index contributed by atoms with van der Waals surface area (Å²) in [5.74, 6) is 0.474. The number of benzene rings is 2. The maximum atomic E-state index is 13.0. The molecule has 0 saturated heterocycles. The number of carbonyl (C=O) groups is 1. The third-order valence-electron chi connectivity index (χ3n) is 4.92. The highest BCUT2D eigenvalue weighted by Crippen LogP contribution is 2.33. The number of rotatable bonds is 7. The Morgan fingerprint density at radius 2 is 1.88 bits per heavy atom. The van der Waals surface area contributed by atoms with Gasteiger partial charge in [-0.1, -0.05) is 29.5 Å². The monoisotopic (exact) mass is 454 g/mol. The Morgan fingerprint density at radius 1 is 1.12 bits per heavy atom. The number of aromatic nitrogens is 1. The molecule has 1 amide bonds. The first kappa shape index (κ1) is 21.8. The molecule has 2 aromatic heterocycles. The Balaban J connectivity index is 1.86. The van der Waals surface area contributed by atoms with E-state index in [1.807, 2.05) is 29.7 Å². The van der Waals surface area contributed by atoms with Crippen molar-refractivity contribution in [3.63, 3.8) is 0 Å². The van der Waals surface area contributed by atoms with Gasteiger partial charge >= 0.3 is 5.63 Å². The van der Waals surface area contributed by atoms with Crippen LogP contribution in [0.15, 0.2) is 56.7 Å². The first-order valence-corrected chi connectivity index (χ1v) is 10.8. The number of fused-ring (bicyclic) bond motifs is 2. The van der Waals surface area contributed by atoms with Crippen molar-refractivity contribution >= 4 is 38.4 Å². The van der Waals surface area contributed by atoms with Gasteiger partial charge < -0.3 is 23.2 Å². The molecule has 0 bridgehead atoms. The fourth-order valence-corrected chi connectivity index (χ4v) is 4.42. The van der Waals surface area contributed by atoms with Crippen LogP contribution in [0, 0.1) is 0 Å². The van der Waals surface area contributed by atoms with E-state index in [1.54, 1.807) is 32.4 Å². The highest BCUT2D eigenvalue weighted by Gasteiger charge is 2.16. The molecule has 2 heterocycles. The summed E-state index contributed by atoms with van der Waals surface area (Å²) in [6.07, 6.45) is 0. The van der Waals surface area contributed by atoms with E-state index in [9.17, 15) is 9.59 Å². The molecule has 0 radical (unpaired) electrons. The summed E-state index contributed by atoms with van der Waals surface area (Å²) in [6.45, 7) is 3.40. The fourth-order valence-electron chi connectivity index (χ4n) is 3.36. The average Bonchev–Trinajstić information content (AvgIpc) is 3.13. The lowest BCUT2D eigenvalue weighted by molar-refractivity contribution is 0.0993. The fraction of sp³-hybridized carbons (Fsp3) is 0.261. The molecule has 0 saturated carbocycles. The van der Waals surface area contributed by atoms with Crippen LogP contribution >= 0.6 is 11.3 Å². The van der Waals surface area contributed by atoms with Crippen LogP contribution in [-0.2, 0) is 11.3 Å². The molecule has 8 nitrogen and oxygen atoms in total. The molecule has 0 aliphatic carbocycles. The first-order valence-electron chi connectivity index (χ1n) is 10.0. The lowest BCUT2D eigenvalue weighted by Gasteiger charge is -2.09. The van der Waals surface area contributed by atoms with Gasteiger partial charge in [-0.2, -0.15) is 4.99 Å². The molecule has 166 valence electrons. The predicted octanol–water partition coefficient (Wildman–Crippen LogP) is 3.60. The van der Waals surface area contributed by atoms with Crippen molar-refractivity contribution in [1.82, 2.24) is 4.57 Å². The van der Waals surface area contributed by atoms with E-state index in [0.29, 0.717) is 47.0 Å². The van der Waals surface area contributed by atoms with Gasteiger partial charge in [0.05, 0.1) is 31.0 Å². The van der Waals surface area contributed by atoms with Gasteiger partial charge in [0.25, 0.3) is 5.91 Å². The number of hydrogen-bond acceptors (Lipinski definition) is 7. The SMILES string of the molecule is CCOCCn1c(=NC(=O)c2cc3ccccc3oc2=O)sc2cc(OC)c(OC)cc21. The first-order chi connectivity index (χ1) is 15.5. The van der Waals surface area contributed by atoms with Gasteiger partial charge in [-0.3, -0.25) is 4.79 Å². The molecule has 0 spiro atoms. The Kier molecular flexibility index (Phi) is 6.38. The summed E-state index contributed by atoms with van der Waals surface area (Å²) in [6, 6.07) is 12.2. The minimum Gasteiger partial charge on any atom is -0.493 e. The van der Waals surface area contributed by atoms with Crippen molar-refractivity contribution in [3.05, 3.63) is 63.2 Å². The van der Waals surface area contributed by atoms with Gasteiger partial charge in [0.2, 0.25) is 0 Å². The Hall–Kier alpha value is -3.43. The summed E-state index contributed by atoms with van der Waals surface area (Å²) < 4.78 is 24.3. The molecule has 0 fully saturated rings. The second-order valence-corrected chi connectivity index (χ2v) is 7.82. The average molecular weight is 455 g/mol. The van der Waals surface area contributed by atoms with E-state index in [0.717, 1.165) is 10.2 Å². The number of methoxy groups -OCH3 is 2. The molecular weight excluding hydrogens is 432 g/mol. The van der Waals surface area contributed by atoms with Gasteiger partial charge in [-0.05, 0) is 19.1 Å². The molecule has 0 aliphatic heterocycles. The highest BCUT2D eigenvalue weighted by molar-refractivity contribution is 7.16. The number of hydrogen-bond donors (Lipinski definition) is 0. The molecule has 0 aliphatic rings. The maximum Gasteiger partial charge on any atom is 0.349 e. The van der Waals surface area contributed by atoms with Crippen molar-refractivity contribution < 1.29 is 23.4 Å². The standard InChI is InChI=1S/C23H22N2O6S/c1-4-30-10-9-25-16-12-18(28-2)19(29-3)13-20(16)32-23(25)24-21(26)15-11-14-7-5-6-8-17(14)31-22(15)27/h5-8,11-13H,4,9-10H2,1-3H3. The number of carbonyl (C=O) groups excluding carboxylic acids is 1. The van der Waals surface area contributed by atoms with Gasteiger partial charge in [-0.15, -0.1) is 0 Å². The predicted molar refractivity (Wildman–Crippen MR) is 122 cm³/mol. The zero-order valence-electron chi connectivity index (χ0n) is 17.9. The van der Waals surface area contributed by atoms with Gasteiger partial charge in [0, 0.05) is 30.7 Å². The number of thiazole rings is 1. The molecule has 2 aromatic carbocycles. The zero-order valence-corrected chi connectivity index (χ0v) is 18.7. The van der Waals surface area contributed by atoms with Crippen molar-refractivity contribution in [3.8, 4) is 11.5 Å². The number of nitrogens with zero attached hydrogens (tertiary/aromatic N) is 2. The minimum atomic E-state index is -0.720. The van der Waals surface area contributed by atoms with Crippen LogP contribution in [0.4, 0.5) is 0 Å². The normalized spacial score (nSPS) is 11.9. The van der Waals surface area contributed by atoms with Crippen molar-refractivity contribution in [2.45, 2.75) is 13.5 Å². The maximum absolute atomic E-state index is 13.0. The Labute approximate surface area is 187 Å². The van der Waals surface area contributed by atoms with Gasteiger partial charge in [-0.25, -0.2) is 4.79 Å². The van der Waals surface area contributed by atoms with Crippen LogP contribution in [0.3, 0.4) is 0 Å². The van der Waals surface area contributed by atoms with E-state index in [-0.39, 0.29) is 5.56 Å². The Bertz CT molecular complexity index is 1420. The van der Waals surface area contributed by atoms with Gasteiger partial charge in [0.15, 0.2) is 16.3 Å². The third-order valence-corrected chi connectivity index (χ3v) is 5.96. The zero-order chi connectivity index (χ0) is 22.7. The van der Waals surface area contributed by atoms with Crippen LogP contribution in [0.2, 0.25) is 0 Å². The summed E-state index contributed by atoms with van der Waals surface area (Å²) in [4.78, 5) is 30.1. The molecule has 0 N–H and O–H groups in total. The summed E-state index contributed by atoms with van der Waals surface area (Å²) in [5.41, 5.74) is 0.404. The molecular formula is C23H22N2O6S. The third kappa shape index (κ3) is 4.17. The summed E-state index contributed by atoms with van der Waals surface area (Å²) in [5, 5.41) is 0.653. The lowest BCUT2D eigenvalue weighted by atomic mass is 10.2. The molecule has 9 heteroatoms. The molecule has 4 rings (SSSR count). The number of para-hydroxylation sites is 1. The van der Waals surface area contributed by atoms with Crippen molar-refractivity contribution in [2.75, 3.05) is 27.4 Å². The second-order valence-electron chi connectivity index (χ2n) is 6.81. The van der Waals surface area contributed by atoms with E-state index in [2.05, 4.69) is 4.99 Å².